The molecule has 1 unspecified atom stereocenters. The highest BCUT2D eigenvalue weighted by molar-refractivity contribution is 7.98. The number of hydrogen-bond acceptors (Lipinski definition) is 7. The molecule has 0 aliphatic carbocycles. The molecule has 0 spiro atoms. The predicted octanol–water partition coefficient (Wildman–Crippen LogP) is 2.05. The molecule has 1 aliphatic rings. The van der Waals surface area contributed by atoms with Crippen molar-refractivity contribution in [1.29, 1.82) is 0 Å². The second-order valence-corrected chi connectivity index (χ2v) is 5.93. The van der Waals surface area contributed by atoms with Gasteiger partial charge in [0.05, 0.1) is 17.6 Å². The van der Waals surface area contributed by atoms with Gasteiger partial charge in [-0.1, -0.05) is 23.9 Å². The zero-order valence-electron chi connectivity index (χ0n) is 11.8. The van der Waals surface area contributed by atoms with Crippen molar-refractivity contribution in [3.63, 3.8) is 0 Å². The molecule has 1 fully saturated rings. The summed E-state index contributed by atoms with van der Waals surface area (Å²) in [6, 6.07) is 6.51. The maximum Gasteiger partial charge on any atom is 0.269 e. The first-order chi connectivity index (χ1) is 10.7. The van der Waals surface area contributed by atoms with Crippen LogP contribution in [0.5, 0.6) is 0 Å². The molecule has 1 atom stereocenters. The molecule has 1 saturated heterocycles. The van der Waals surface area contributed by atoms with Gasteiger partial charge in [0.15, 0.2) is 0 Å². The van der Waals surface area contributed by atoms with Gasteiger partial charge in [0, 0.05) is 24.5 Å². The number of thioether (sulfide) groups is 1. The number of hydrogen-bond donors (Lipinski definition) is 0. The minimum atomic E-state index is -0.404. The Hall–Kier alpha value is -2.00. The van der Waals surface area contributed by atoms with Crippen LogP contribution >= 0.6 is 11.8 Å². The highest BCUT2D eigenvalue weighted by Crippen LogP contribution is 2.23. The zero-order valence-corrected chi connectivity index (χ0v) is 12.6. The van der Waals surface area contributed by atoms with E-state index >= 15 is 0 Å². The summed E-state index contributed by atoms with van der Waals surface area (Å²) >= 11 is 1.51. The number of aromatic nitrogens is 4. The fraction of sp³-hybridized carbons (Fsp3) is 0.462. The fourth-order valence-electron chi connectivity index (χ4n) is 2.26. The van der Waals surface area contributed by atoms with Gasteiger partial charge >= 0.3 is 0 Å². The van der Waals surface area contributed by atoms with Crippen LogP contribution in [0.15, 0.2) is 29.4 Å². The molecular weight excluding hydrogens is 306 g/mol. The molecule has 2 heterocycles. The molecule has 0 N–H and O–H groups in total. The maximum atomic E-state index is 10.6. The Morgan fingerprint density at radius 2 is 2.23 bits per heavy atom. The average molecular weight is 321 g/mol. The second kappa shape index (κ2) is 6.84. The standard InChI is InChI=1S/C13H15N5O3S/c19-18(20)11-5-3-10(4-6-11)9-22-13-14-15-16-17(13)8-12-2-1-7-21-12/h3-6,12H,1-2,7-9H2. The summed E-state index contributed by atoms with van der Waals surface area (Å²) in [7, 11) is 0. The number of non-ortho nitro benzene ring substituents is 1. The van der Waals surface area contributed by atoms with E-state index in [-0.39, 0.29) is 11.8 Å². The Kier molecular flexibility index (Phi) is 4.64. The number of nitrogens with zero attached hydrogens (tertiary/aromatic N) is 5. The van der Waals surface area contributed by atoms with E-state index in [9.17, 15) is 10.1 Å². The van der Waals surface area contributed by atoms with Gasteiger partial charge in [-0.05, 0) is 28.8 Å². The van der Waals surface area contributed by atoms with Crippen molar-refractivity contribution < 1.29 is 9.66 Å². The first-order valence-corrected chi connectivity index (χ1v) is 7.95. The molecule has 1 aromatic heterocycles. The highest BCUT2D eigenvalue weighted by atomic mass is 32.2. The van der Waals surface area contributed by atoms with Crippen LogP contribution in [-0.2, 0) is 17.0 Å². The van der Waals surface area contributed by atoms with Crippen LogP contribution in [0.1, 0.15) is 18.4 Å². The number of rotatable bonds is 6. The van der Waals surface area contributed by atoms with Gasteiger partial charge in [0.1, 0.15) is 0 Å². The summed E-state index contributed by atoms with van der Waals surface area (Å²) in [6.45, 7) is 1.47. The van der Waals surface area contributed by atoms with E-state index in [1.165, 1.54) is 23.9 Å². The molecule has 0 amide bonds. The Balaban J connectivity index is 1.59. The maximum absolute atomic E-state index is 10.6. The van der Waals surface area contributed by atoms with Gasteiger partial charge in [-0.3, -0.25) is 10.1 Å². The van der Waals surface area contributed by atoms with Crippen molar-refractivity contribution in [3.8, 4) is 0 Å². The molecule has 116 valence electrons. The summed E-state index contributed by atoms with van der Waals surface area (Å²) in [4.78, 5) is 10.2. The van der Waals surface area contributed by atoms with Crippen molar-refractivity contribution >= 4 is 17.4 Å². The van der Waals surface area contributed by atoms with E-state index in [4.69, 9.17) is 4.74 Å². The lowest BCUT2D eigenvalue weighted by molar-refractivity contribution is -0.384. The van der Waals surface area contributed by atoms with Crippen molar-refractivity contribution in [2.24, 2.45) is 0 Å². The molecule has 9 heteroatoms. The van der Waals surface area contributed by atoms with Gasteiger partial charge in [-0.25, -0.2) is 4.68 Å². The Morgan fingerprint density at radius 1 is 1.41 bits per heavy atom. The van der Waals surface area contributed by atoms with Crippen LogP contribution in [0.2, 0.25) is 0 Å². The van der Waals surface area contributed by atoms with Crippen LogP contribution in [0.3, 0.4) is 0 Å². The van der Waals surface area contributed by atoms with Crippen LogP contribution in [0.25, 0.3) is 0 Å². The summed E-state index contributed by atoms with van der Waals surface area (Å²) in [5, 5.41) is 23.1. The Morgan fingerprint density at radius 3 is 2.91 bits per heavy atom. The molecule has 8 nitrogen and oxygen atoms in total. The van der Waals surface area contributed by atoms with Crippen molar-refractivity contribution in [3.05, 3.63) is 39.9 Å². The van der Waals surface area contributed by atoms with Gasteiger partial charge < -0.3 is 4.74 Å². The largest absolute Gasteiger partial charge is 0.376 e. The molecule has 1 aromatic carbocycles. The highest BCUT2D eigenvalue weighted by Gasteiger charge is 2.18. The summed E-state index contributed by atoms with van der Waals surface area (Å²) in [5.74, 6) is 0.657. The minimum Gasteiger partial charge on any atom is -0.376 e. The fourth-order valence-corrected chi connectivity index (χ4v) is 3.10. The number of benzene rings is 1. The first-order valence-electron chi connectivity index (χ1n) is 6.96. The van der Waals surface area contributed by atoms with Crippen LogP contribution < -0.4 is 0 Å². The zero-order chi connectivity index (χ0) is 15.4. The third-order valence-corrected chi connectivity index (χ3v) is 4.44. The molecule has 22 heavy (non-hydrogen) atoms. The smallest absolute Gasteiger partial charge is 0.269 e. The third-order valence-electron chi connectivity index (χ3n) is 3.41. The number of tetrazole rings is 1. The monoisotopic (exact) mass is 321 g/mol. The molecule has 0 bridgehead atoms. The van der Waals surface area contributed by atoms with E-state index in [0.717, 1.165) is 30.2 Å². The lowest BCUT2D eigenvalue weighted by atomic mass is 10.2. The van der Waals surface area contributed by atoms with E-state index in [0.29, 0.717) is 12.3 Å². The number of ether oxygens (including phenoxy) is 1. The molecule has 2 aromatic rings. The van der Waals surface area contributed by atoms with Crippen molar-refractivity contribution in [2.45, 2.75) is 36.4 Å². The first kappa shape index (κ1) is 14.9. The van der Waals surface area contributed by atoms with Crippen LogP contribution in [0, 0.1) is 10.1 Å². The average Bonchev–Trinajstić information content (AvgIpc) is 3.18. The number of nitro benzene ring substituents is 1. The van der Waals surface area contributed by atoms with E-state index in [2.05, 4.69) is 15.5 Å². The summed E-state index contributed by atoms with van der Waals surface area (Å²) in [6.07, 6.45) is 2.30. The Bertz CT molecular complexity index is 639. The van der Waals surface area contributed by atoms with E-state index < -0.39 is 4.92 Å². The lowest BCUT2D eigenvalue weighted by Gasteiger charge is -2.09. The van der Waals surface area contributed by atoms with Crippen molar-refractivity contribution in [1.82, 2.24) is 20.2 Å². The van der Waals surface area contributed by atoms with Gasteiger partial charge in [-0.15, -0.1) is 5.10 Å². The van der Waals surface area contributed by atoms with E-state index in [1.54, 1.807) is 16.8 Å². The molecule has 3 rings (SSSR count). The van der Waals surface area contributed by atoms with Crippen molar-refractivity contribution in [2.75, 3.05) is 6.61 Å². The minimum absolute atomic E-state index is 0.0944. The number of nitro groups is 1. The lowest BCUT2D eigenvalue weighted by Crippen LogP contribution is -2.16. The van der Waals surface area contributed by atoms with Gasteiger partial charge in [-0.2, -0.15) is 0 Å². The van der Waals surface area contributed by atoms with Crippen LogP contribution in [0.4, 0.5) is 5.69 Å². The molecular formula is C13H15N5O3S. The topological polar surface area (TPSA) is 96.0 Å². The third kappa shape index (κ3) is 3.60. The molecule has 1 aliphatic heterocycles. The SMILES string of the molecule is O=[N+]([O-])c1ccc(CSc2nnnn2CC2CCCO2)cc1. The Labute approximate surface area is 131 Å². The van der Waals surface area contributed by atoms with E-state index in [1.807, 2.05) is 0 Å². The summed E-state index contributed by atoms with van der Waals surface area (Å²) < 4.78 is 7.35. The quantitative estimate of drug-likeness (QED) is 0.456. The van der Waals surface area contributed by atoms with Gasteiger partial charge in [0.2, 0.25) is 5.16 Å². The summed E-state index contributed by atoms with van der Waals surface area (Å²) in [5.41, 5.74) is 1.08. The molecule has 0 radical (unpaired) electrons. The van der Waals surface area contributed by atoms with Crippen LogP contribution in [-0.4, -0.2) is 37.8 Å². The second-order valence-electron chi connectivity index (χ2n) is 4.99. The normalized spacial score (nSPS) is 17.7. The molecule has 0 saturated carbocycles. The van der Waals surface area contributed by atoms with Gasteiger partial charge in [0.25, 0.3) is 5.69 Å². The predicted molar refractivity (Wildman–Crippen MR) is 79.4 cm³/mol.